The molecule has 1 aliphatic rings. The minimum Gasteiger partial charge on any atom is -0.396 e. The molecule has 1 rings (SSSR count). The summed E-state index contributed by atoms with van der Waals surface area (Å²) in [7, 11) is 0. The Morgan fingerprint density at radius 2 is 2.23 bits per heavy atom. The Hall–Kier alpha value is 0.170. The lowest BCUT2D eigenvalue weighted by Crippen LogP contribution is -2.37. The molecule has 0 aromatic rings. The number of hydrogen-bond donors (Lipinski definition) is 1. The average molecular weight is 209 g/mol. The zero-order valence-electron chi connectivity index (χ0n) is 8.34. The SMILES string of the molecule is CC1(CCl)OCC(C(C)(C)CO)O1. The summed E-state index contributed by atoms with van der Waals surface area (Å²) in [4.78, 5) is 0. The Bertz CT molecular complexity index is 184. The van der Waals surface area contributed by atoms with Crippen LogP contribution in [0.1, 0.15) is 20.8 Å². The lowest BCUT2D eigenvalue weighted by molar-refractivity contribution is -0.151. The number of halogens is 1. The first-order chi connectivity index (χ1) is 5.93. The van der Waals surface area contributed by atoms with Gasteiger partial charge in [0.1, 0.15) is 0 Å². The van der Waals surface area contributed by atoms with E-state index < -0.39 is 5.79 Å². The molecule has 0 spiro atoms. The van der Waals surface area contributed by atoms with Gasteiger partial charge in [0.05, 0.1) is 25.2 Å². The molecule has 1 fully saturated rings. The molecule has 0 aromatic carbocycles. The molecular weight excluding hydrogens is 192 g/mol. The maximum absolute atomic E-state index is 9.13. The van der Waals surface area contributed by atoms with E-state index in [0.717, 1.165) is 0 Å². The van der Waals surface area contributed by atoms with E-state index in [1.54, 1.807) is 0 Å². The van der Waals surface area contributed by atoms with Gasteiger partial charge in [0, 0.05) is 5.41 Å². The number of aliphatic hydroxyl groups excluding tert-OH is 1. The minimum absolute atomic E-state index is 0.0822. The molecule has 2 atom stereocenters. The topological polar surface area (TPSA) is 38.7 Å². The second-order valence-corrected chi connectivity index (χ2v) is 4.60. The highest BCUT2D eigenvalue weighted by molar-refractivity contribution is 6.18. The molecule has 0 aromatic heterocycles. The molecule has 2 unspecified atom stereocenters. The third-order valence-electron chi connectivity index (χ3n) is 2.45. The Balaban J connectivity index is 2.59. The van der Waals surface area contributed by atoms with Gasteiger partial charge in [0.15, 0.2) is 5.79 Å². The van der Waals surface area contributed by atoms with Crippen molar-refractivity contribution in [3.8, 4) is 0 Å². The fourth-order valence-corrected chi connectivity index (χ4v) is 1.32. The highest BCUT2D eigenvalue weighted by Crippen LogP contribution is 2.34. The Labute approximate surface area is 84.0 Å². The molecule has 0 bridgehead atoms. The summed E-state index contributed by atoms with van der Waals surface area (Å²) in [6.07, 6.45) is -0.0822. The standard InChI is InChI=1S/C9H17ClO3/c1-8(2,6-11)7-4-12-9(3,5-10)13-7/h7,11H,4-6H2,1-3H3. The summed E-state index contributed by atoms with van der Waals surface area (Å²) < 4.78 is 11.1. The van der Waals surface area contributed by atoms with Crippen LogP contribution >= 0.6 is 11.6 Å². The number of hydrogen-bond acceptors (Lipinski definition) is 3. The van der Waals surface area contributed by atoms with E-state index in [9.17, 15) is 0 Å². The van der Waals surface area contributed by atoms with Crippen LogP contribution in [0.2, 0.25) is 0 Å². The first-order valence-electron chi connectivity index (χ1n) is 4.42. The van der Waals surface area contributed by atoms with E-state index in [-0.39, 0.29) is 18.1 Å². The Morgan fingerprint density at radius 3 is 2.62 bits per heavy atom. The monoisotopic (exact) mass is 208 g/mol. The molecule has 0 saturated carbocycles. The number of ether oxygens (including phenoxy) is 2. The molecule has 1 heterocycles. The Morgan fingerprint density at radius 1 is 1.62 bits per heavy atom. The fraction of sp³-hybridized carbons (Fsp3) is 1.00. The normalized spacial score (nSPS) is 35.3. The first-order valence-corrected chi connectivity index (χ1v) is 4.95. The van der Waals surface area contributed by atoms with E-state index in [0.29, 0.717) is 12.5 Å². The number of alkyl halides is 1. The lowest BCUT2D eigenvalue weighted by atomic mass is 9.88. The third kappa shape index (κ3) is 2.34. The van der Waals surface area contributed by atoms with Crippen LogP contribution in [0.25, 0.3) is 0 Å². The van der Waals surface area contributed by atoms with E-state index in [4.69, 9.17) is 26.2 Å². The van der Waals surface area contributed by atoms with Crippen molar-refractivity contribution in [1.29, 1.82) is 0 Å². The lowest BCUT2D eigenvalue weighted by Gasteiger charge is -2.29. The zero-order chi connectivity index (χ0) is 10.1. The number of aliphatic hydroxyl groups is 1. The van der Waals surface area contributed by atoms with Crippen LogP contribution in [0.4, 0.5) is 0 Å². The van der Waals surface area contributed by atoms with Crippen molar-refractivity contribution in [3.63, 3.8) is 0 Å². The van der Waals surface area contributed by atoms with E-state index in [1.165, 1.54) is 0 Å². The van der Waals surface area contributed by atoms with Gasteiger partial charge in [-0.2, -0.15) is 0 Å². The summed E-state index contributed by atoms with van der Waals surface area (Å²) in [5.74, 6) is -0.371. The largest absolute Gasteiger partial charge is 0.396 e. The van der Waals surface area contributed by atoms with Gasteiger partial charge in [0.25, 0.3) is 0 Å². The van der Waals surface area contributed by atoms with Crippen LogP contribution in [-0.4, -0.2) is 36.1 Å². The van der Waals surface area contributed by atoms with Crippen molar-refractivity contribution in [1.82, 2.24) is 0 Å². The summed E-state index contributed by atoms with van der Waals surface area (Å²) >= 11 is 5.70. The molecule has 1 aliphatic heterocycles. The van der Waals surface area contributed by atoms with Crippen molar-refractivity contribution in [2.24, 2.45) is 5.41 Å². The maximum Gasteiger partial charge on any atom is 0.179 e. The molecule has 0 radical (unpaired) electrons. The molecule has 1 N–H and O–H groups in total. The highest BCUT2D eigenvalue weighted by Gasteiger charge is 2.43. The summed E-state index contributed by atoms with van der Waals surface area (Å²) in [5, 5.41) is 9.13. The minimum atomic E-state index is -0.682. The zero-order valence-corrected chi connectivity index (χ0v) is 9.10. The van der Waals surface area contributed by atoms with Crippen LogP contribution in [0.3, 0.4) is 0 Å². The second-order valence-electron chi connectivity index (χ2n) is 4.33. The van der Waals surface area contributed by atoms with Gasteiger partial charge >= 0.3 is 0 Å². The predicted molar refractivity (Wildman–Crippen MR) is 50.8 cm³/mol. The van der Waals surface area contributed by atoms with Gasteiger partial charge in [-0.15, -0.1) is 11.6 Å². The first kappa shape index (κ1) is 11.2. The van der Waals surface area contributed by atoms with Crippen molar-refractivity contribution >= 4 is 11.6 Å². The van der Waals surface area contributed by atoms with Gasteiger partial charge in [-0.3, -0.25) is 0 Å². The van der Waals surface area contributed by atoms with Crippen molar-refractivity contribution in [2.45, 2.75) is 32.7 Å². The van der Waals surface area contributed by atoms with E-state index in [2.05, 4.69) is 0 Å². The van der Waals surface area contributed by atoms with Crippen LogP contribution < -0.4 is 0 Å². The molecule has 13 heavy (non-hydrogen) atoms. The van der Waals surface area contributed by atoms with E-state index >= 15 is 0 Å². The highest BCUT2D eigenvalue weighted by atomic mass is 35.5. The fourth-order valence-electron chi connectivity index (χ4n) is 1.18. The van der Waals surface area contributed by atoms with Gasteiger partial charge in [-0.1, -0.05) is 13.8 Å². The summed E-state index contributed by atoms with van der Waals surface area (Å²) in [6.45, 7) is 6.28. The molecule has 0 amide bonds. The van der Waals surface area contributed by atoms with Crippen molar-refractivity contribution in [2.75, 3.05) is 19.1 Å². The van der Waals surface area contributed by atoms with Crippen LogP contribution in [-0.2, 0) is 9.47 Å². The smallest absolute Gasteiger partial charge is 0.179 e. The van der Waals surface area contributed by atoms with E-state index in [1.807, 2.05) is 20.8 Å². The third-order valence-corrected chi connectivity index (χ3v) is 2.94. The van der Waals surface area contributed by atoms with Gasteiger partial charge in [-0.25, -0.2) is 0 Å². The molecule has 0 aliphatic carbocycles. The predicted octanol–water partition coefficient (Wildman–Crippen LogP) is 1.38. The average Bonchev–Trinajstić information content (AvgIpc) is 2.50. The summed E-state index contributed by atoms with van der Waals surface area (Å²) in [5.41, 5.74) is -0.274. The Kier molecular flexibility index (Phi) is 3.23. The summed E-state index contributed by atoms with van der Waals surface area (Å²) in [6, 6.07) is 0. The van der Waals surface area contributed by atoms with Gasteiger partial charge in [-0.05, 0) is 6.92 Å². The van der Waals surface area contributed by atoms with Crippen LogP contribution in [0.5, 0.6) is 0 Å². The van der Waals surface area contributed by atoms with Crippen molar-refractivity contribution in [3.05, 3.63) is 0 Å². The molecule has 78 valence electrons. The molecule has 1 saturated heterocycles. The van der Waals surface area contributed by atoms with Crippen molar-refractivity contribution < 1.29 is 14.6 Å². The van der Waals surface area contributed by atoms with Crippen LogP contribution in [0.15, 0.2) is 0 Å². The van der Waals surface area contributed by atoms with Crippen LogP contribution in [0, 0.1) is 5.41 Å². The molecule has 3 nitrogen and oxygen atoms in total. The number of rotatable bonds is 3. The molecule has 4 heteroatoms. The quantitative estimate of drug-likeness (QED) is 0.713. The second kappa shape index (κ2) is 3.73. The van der Waals surface area contributed by atoms with Gasteiger partial charge < -0.3 is 14.6 Å². The van der Waals surface area contributed by atoms with Gasteiger partial charge in [0.2, 0.25) is 0 Å². The maximum atomic E-state index is 9.13. The molecular formula is C9H17ClO3.